The summed E-state index contributed by atoms with van der Waals surface area (Å²) in [6, 6.07) is 0. The summed E-state index contributed by atoms with van der Waals surface area (Å²) in [6.07, 6.45) is 3.61. The molecule has 0 aromatic rings. The maximum atomic E-state index is 11.3. The average Bonchev–Trinajstić information content (AvgIpc) is 2.21. The van der Waals surface area contributed by atoms with E-state index in [-0.39, 0.29) is 0 Å². The van der Waals surface area contributed by atoms with Crippen molar-refractivity contribution in [2.75, 3.05) is 13.2 Å². The number of hydrogen-bond donors (Lipinski definition) is 2. The third kappa shape index (κ3) is 10.8. The minimum Gasteiger partial charge on any atom is -0.444 e. The van der Waals surface area contributed by atoms with Crippen molar-refractivity contribution in [1.29, 1.82) is 0 Å². The van der Waals surface area contributed by atoms with Crippen LogP contribution < -0.4 is 11.1 Å². The fourth-order valence-electron chi connectivity index (χ4n) is 0.963. The molecule has 104 valence electrons. The Balaban J connectivity index is 3.58. The zero-order valence-electron chi connectivity index (χ0n) is 11.5. The Morgan fingerprint density at radius 2 is 2.11 bits per heavy atom. The molecule has 6 nitrogen and oxygen atoms in total. The van der Waals surface area contributed by atoms with E-state index in [2.05, 4.69) is 10.5 Å². The van der Waals surface area contributed by atoms with Crippen LogP contribution in [-0.4, -0.2) is 30.7 Å². The van der Waals surface area contributed by atoms with Crippen LogP contribution in [0.3, 0.4) is 0 Å². The van der Waals surface area contributed by atoms with E-state index in [1.807, 2.05) is 27.7 Å². The predicted molar refractivity (Wildman–Crippen MR) is 71.2 cm³/mol. The lowest BCUT2D eigenvalue weighted by Crippen LogP contribution is -2.33. The summed E-state index contributed by atoms with van der Waals surface area (Å²) < 4.78 is 5.07. The van der Waals surface area contributed by atoms with Gasteiger partial charge in [0.15, 0.2) is 5.84 Å². The molecule has 0 aliphatic carbocycles. The molecule has 6 heteroatoms. The van der Waals surface area contributed by atoms with Gasteiger partial charge in [-0.15, -0.1) is 0 Å². The Hall–Kier alpha value is -1.72. The fraction of sp³-hybridized carbons (Fsp3) is 0.667. The molecule has 0 heterocycles. The van der Waals surface area contributed by atoms with Crippen LogP contribution in [0.1, 0.15) is 34.1 Å². The minimum absolute atomic E-state index is 0.317. The zero-order valence-corrected chi connectivity index (χ0v) is 11.5. The molecule has 1 amide bonds. The Morgan fingerprint density at radius 1 is 1.44 bits per heavy atom. The summed E-state index contributed by atoms with van der Waals surface area (Å²) in [5, 5.41) is 6.27. The van der Waals surface area contributed by atoms with Crippen LogP contribution in [0.15, 0.2) is 17.3 Å². The lowest BCUT2D eigenvalue weighted by Gasteiger charge is -2.19. The van der Waals surface area contributed by atoms with E-state index in [1.165, 1.54) is 0 Å². The van der Waals surface area contributed by atoms with E-state index in [1.54, 1.807) is 12.2 Å². The van der Waals surface area contributed by atoms with Gasteiger partial charge in [-0.1, -0.05) is 11.2 Å². The fourth-order valence-corrected chi connectivity index (χ4v) is 0.963. The first-order valence-electron chi connectivity index (χ1n) is 5.90. The van der Waals surface area contributed by atoms with Crippen molar-refractivity contribution in [3.63, 3.8) is 0 Å². The minimum atomic E-state index is -0.480. The van der Waals surface area contributed by atoms with Crippen molar-refractivity contribution in [2.24, 2.45) is 10.9 Å². The number of amidine groups is 1. The molecule has 3 N–H and O–H groups in total. The first kappa shape index (κ1) is 16.3. The molecular weight excluding hydrogens is 234 g/mol. The summed E-state index contributed by atoms with van der Waals surface area (Å²) in [7, 11) is 0. The largest absolute Gasteiger partial charge is 0.444 e. The van der Waals surface area contributed by atoms with Gasteiger partial charge in [0.05, 0.1) is 0 Å². The smallest absolute Gasteiger partial charge is 0.407 e. The predicted octanol–water partition coefficient (Wildman–Crippen LogP) is 1.77. The van der Waals surface area contributed by atoms with Crippen LogP contribution in [0.5, 0.6) is 0 Å². The molecule has 0 aromatic heterocycles. The van der Waals surface area contributed by atoms with Crippen molar-refractivity contribution in [3.8, 4) is 0 Å². The Kier molecular flexibility index (Phi) is 7.58. The highest BCUT2D eigenvalue weighted by Crippen LogP contribution is 2.06. The maximum Gasteiger partial charge on any atom is 0.407 e. The van der Waals surface area contributed by atoms with Gasteiger partial charge in [-0.3, -0.25) is 0 Å². The molecular formula is C12H23N3O3. The second-order valence-electron chi connectivity index (χ2n) is 4.63. The van der Waals surface area contributed by atoms with Gasteiger partial charge in [-0.05, 0) is 33.8 Å². The van der Waals surface area contributed by atoms with Crippen LogP contribution in [0.25, 0.3) is 0 Å². The number of allylic oxidation sites excluding steroid dienone is 1. The zero-order chi connectivity index (χ0) is 14.0. The SMILES string of the molecule is C/C=C\C(N)=N\OCCCNC(=O)OC(C)(C)C. The van der Waals surface area contributed by atoms with Gasteiger partial charge in [-0.2, -0.15) is 0 Å². The topological polar surface area (TPSA) is 85.9 Å². The number of carbonyl (C=O) groups excluding carboxylic acids is 1. The van der Waals surface area contributed by atoms with E-state index >= 15 is 0 Å². The number of alkyl carbamates (subject to hydrolysis) is 1. The van der Waals surface area contributed by atoms with Crippen molar-refractivity contribution in [1.82, 2.24) is 5.32 Å². The number of nitrogens with zero attached hydrogens (tertiary/aromatic N) is 1. The van der Waals surface area contributed by atoms with Gasteiger partial charge in [0, 0.05) is 13.0 Å². The molecule has 0 rings (SSSR count). The second kappa shape index (κ2) is 8.38. The highest BCUT2D eigenvalue weighted by molar-refractivity contribution is 5.90. The number of oxime groups is 1. The van der Waals surface area contributed by atoms with Crippen LogP contribution in [0, 0.1) is 0 Å². The number of amides is 1. The highest BCUT2D eigenvalue weighted by atomic mass is 16.6. The Morgan fingerprint density at radius 3 is 2.67 bits per heavy atom. The van der Waals surface area contributed by atoms with Crippen LogP contribution in [0.2, 0.25) is 0 Å². The summed E-state index contributed by atoms with van der Waals surface area (Å²) in [5.74, 6) is 0.317. The van der Waals surface area contributed by atoms with E-state index in [0.29, 0.717) is 25.4 Å². The average molecular weight is 257 g/mol. The number of ether oxygens (including phenoxy) is 1. The van der Waals surface area contributed by atoms with Gasteiger partial charge in [0.2, 0.25) is 0 Å². The molecule has 0 aliphatic rings. The molecule has 0 fully saturated rings. The Labute approximate surface area is 108 Å². The number of hydrogen-bond acceptors (Lipinski definition) is 4. The normalized spacial score (nSPS) is 12.6. The van der Waals surface area contributed by atoms with Crippen LogP contribution in [0.4, 0.5) is 4.79 Å². The van der Waals surface area contributed by atoms with E-state index in [0.717, 1.165) is 0 Å². The third-order valence-electron chi connectivity index (χ3n) is 1.59. The standard InChI is InChI=1S/C12H23N3O3/c1-5-7-10(13)15-17-9-6-8-14-11(16)18-12(2,3)4/h5,7H,6,8-9H2,1-4H3,(H2,13,15)(H,14,16)/b7-5-. The number of nitrogens with two attached hydrogens (primary N) is 1. The van der Waals surface area contributed by atoms with E-state index in [9.17, 15) is 4.79 Å². The second-order valence-corrected chi connectivity index (χ2v) is 4.63. The molecule has 0 spiro atoms. The van der Waals surface area contributed by atoms with Crippen LogP contribution >= 0.6 is 0 Å². The summed E-state index contributed by atoms with van der Waals surface area (Å²) in [4.78, 5) is 16.2. The van der Waals surface area contributed by atoms with Crippen molar-refractivity contribution in [3.05, 3.63) is 12.2 Å². The van der Waals surface area contributed by atoms with Crippen molar-refractivity contribution >= 4 is 11.9 Å². The van der Waals surface area contributed by atoms with Crippen molar-refractivity contribution in [2.45, 2.75) is 39.7 Å². The Bertz CT molecular complexity index is 306. The maximum absolute atomic E-state index is 11.3. The molecule has 0 aliphatic heterocycles. The molecule has 18 heavy (non-hydrogen) atoms. The molecule has 0 aromatic carbocycles. The van der Waals surface area contributed by atoms with Gasteiger partial charge in [0.25, 0.3) is 0 Å². The number of rotatable bonds is 6. The molecule has 0 saturated heterocycles. The quantitative estimate of drug-likeness (QED) is 0.328. The highest BCUT2D eigenvalue weighted by Gasteiger charge is 2.15. The first-order valence-corrected chi connectivity index (χ1v) is 5.90. The van der Waals surface area contributed by atoms with Crippen LogP contribution in [-0.2, 0) is 9.57 Å². The van der Waals surface area contributed by atoms with Gasteiger partial charge >= 0.3 is 6.09 Å². The van der Waals surface area contributed by atoms with E-state index < -0.39 is 11.7 Å². The van der Waals surface area contributed by atoms with Gasteiger partial charge in [0.1, 0.15) is 12.2 Å². The first-order chi connectivity index (χ1) is 8.35. The number of carbonyl (C=O) groups is 1. The molecule has 0 bridgehead atoms. The lowest BCUT2D eigenvalue weighted by atomic mass is 10.2. The number of nitrogens with one attached hydrogen (secondary N) is 1. The summed E-state index contributed by atoms with van der Waals surface area (Å²) in [6.45, 7) is 8.13. The molecule has 0 unspecified atom stereocenters. The molecule has 0 saturated carbocycles. The summed E-state index contributed by atoms with van der Waals surface area (Å²) in [5.41, 5.74) is 4.98. The van der Waals surface area contributed by atoms with Crippen molar-refractivity contribution < 1.29 is 14.4 Å². The van der Waals surface area contributed by atoms with E-state index in [4.69, 9.17) is 15.3 Å². The third-order valence-corrected chi connectivity index (χ3v) is 1.59. The van der Waals surface area contributed by atoms with Gasteiger partial charge in [-0.25, -0.2) is 4.79 Å². The summed E-state index contributed by atoms with van der Waals surface area (Å²) >= 11 is 0. The lowest BCUT2D eigenvalue weighted by molar-refractivity contribution is 0.0520. The monoisotopic (exact) mass is 257 g/mol. The molecule has 0 radical (unpaired) electrons. The van der Waals surface area contributed by atoms with Gasteiger partial charge < -0.3 is 20.6 Å². The molecule has 0 atom stereocenters.